The van der Waals surface area contributed by atoms with E-state index < -0.39 is 17.8 Å². The maximum Gasteiger partial charge on any atom is 0.435 e. The molecule has 4 nitrogen and oxygen atoms in total. The predicted octanol–water partition coefficient (Wildman–Crippen LogP) is 4.26. The van der Waals surface area contributed by atoms with E-state index in [0.29, 0.717) is 25.0 Å². The third kappa shape index (κ3) is 4.36. The number of thiazole rings is 1. The molecule has 9 heteroatoms. The maximum absolute atomic E-state index is 13.1. The van der Waals surface area contributed by atoms with Crippen molar-refractivity contribution in [3.8, 4) is 0 Å². The number of rotatable bonds is 2. The lowest BCUT2D eigenvalue weighted by molar-refractivity contribution is -0.141. The lowest BCUT2D eigenvalue weighted by Crippen LogP contribution is -2.49. The van der Waals surface area contributed by atoms with Crippen molar-refractivity contribution in [3.05, 3.63) is 14.5 Å². The highest BCUT2D eigenvalue weighted by Gasteiger charge is 2.41. The highest BCUT2D eigenvalue weighted by Crippen LogP contribution is 2.37. The summed E-state index contributed by atoms with van der Waals surface area (Å²) in [6.07, 6.45) is -0.520. The third-order valence-electron chi connectivity index (χ3n) is 5.02. The van der Waals surface area contributed by atoms with Crippen LogP contribution in [0.15, 0.2) is 3.92 Å². The summed E-state index contributed by atoms with van der Waals surface area (Å²) in [7, 11) is 0. The summed E-state index contributed by atoms with van der Waals surface area (Å²) in [4.78, 5) is 19.7. The largest absolute Gasteiger partial charge is 0.435 e. The number of alkyl halides is 3. The van der Waals surface area contributed by atoms with Crippen LogP contribution in [0.25, 0.3) is 0 Å². The average molecular weight is 440 g/mol. The monoisotopic (exact) mass is 439 g/mol. The van der Waals surface area contributed by atoms with Gasteiger partial charge in [-0.3, -0.25) is 9.69 Å². The van der Waals surface area contributed by atoms with Crippen LogP contribution >= 0.6 is 27.3 Å². The molecule has 0 spiro atoms. The second kappa shape index (κ2) is 7.52. The Labute approximate surface area is 157 Å². The minimum absolute atomic E-state index is 0.0837. The topological polar surface area (TPSA) is 36.4 Å². The molecule has 2 fully saturated rings. The zero-order valence-corrected chi connectivity index (χ0v) is 16.4. The standard InChI is InChI=1S/C16H21BrF3N3OS/c1-10-3-2-6-23(9-10)11-4-7-22(8-5-11)14(24)12-13(16(18,19)20)21-15(17)25-12/h10-11H,2-9H2,1H3/t10-/m1/s1. The van der Waals surface area contributed by atoms with E-state index in [1.807, 2.05) is 0 Å². The first-order valence-electron chi connectivity index (χ1n) is 8.52. The van der Waals surface area contributed by atoms with E-state index >= 15 is 0 Å². The van der Waals surface area contributed by atoms with Crippen molar-refractivity contribution in [2.24, 2.45) is 5.92 Å². The van der Waals surface area contributed by atoms with E-state index in [1.54, 1.807) is 4.90 Å². The van der Waals surface area contributed by atoms with Crippen molar-refractivity contribution in [2.75, 3.05) is 26.2 Å². The third-order valence-corrected chi connectivity index (χ3v) is 6.52. The molecule has 1 aromatic rings. The van der Waals surface area contributed by atoms with Gasteiger partial charge in [-0.05, 0) is 54.1 Å². The van der Waals surface area contributed by atoms with Gasteiger partial charge in [0.1, 0.15) is 4.88 Å². The van der Waals surface area contributed by atoms with Gasteiger partial charge in [-0.1, -0.05) is 6.92 Å². The van der Waals surface area contributed by atoms with Crippen molar-refractivity contribution < 1.29 is 18.0 Å². The summed E-state index contributed by atoms with van der Waals surface area (Å²) in [6.45, 7) is 5.43. The Hall–Kier alpha value is -0.670. The van der Waals surface area contributed by atoms with E-state index in [2.05, 4.69) is 32.7 Å². The molecule has 0 N–H and O–H groups in total. The zero-order chi connectivity index (χ0) is 18.2. The number of halogens is 4. The summed E-state index contributed by atoms with van der Waals surface area (Å²) in [6, 6.07) is 0.432. The van der Waals surface area contributed by atoms with E-state index in [0.717, 1.165) is 37.3 Å². The normalized spacial score (nSPS) is 23.9. The molecule has 1 amide bonds. The fraction of sp³-hybridized carbons (Fsp3) is 0.750. The summed E-state index contributed by atoms with van der Waals surface area (Å²) < 4.78 is 39.3. The fourth-order valence-corrected chi connectivity index (χ4v) is 5.21. The van der Waals surface area contributed by atoms with Gasteiger partial charge in [-0.25, -0.2) is 4.98 Å². The molecule has 0 saturated carbocycles. The van der Waals surface area contributed by atoms with Gasteiger partial charge in [0, 0.05) is 25.7 Å². The Bertz CT molecular complexity index is 629. The minimum atomic E-state index is -4.62. The molecule has 140 valence electrons. The van der Waals surface area contributed by atoms with Gasteiger partial charge in [0.15, 0.2) is 9.61 Å². The number of hydrogen-bond acceptors (Lipinski definition) is 4. The summed E-state index contributed by atoms with van der Waals surface area (Å²) in [5.41, 5.74) is -1.08. The van der Waals surface area contributed by atoms with Crippen LogP contribution in [0.1, 0.15) is 48.0 Å². The molecule has 25 heavy (non-hydrogen) atoms. The lowest BCUT2D eigenvalue weighted by atomic mass is 9.95. The van der Waals surface area contributed by atoms with E-state index in [4.69, 9.17) is 0 Å². The molecule has 0 aromatic carbocycles. The number of hydrogen-bond donors (Lipinski definition) is 0. The molecule has 1 atom stereocenters. The first-order chi connectivity index (χ1) is 11.8. The van der Waals surface area contributed by atoms with Gasteiger partial charge in [-0.15, -0.1) is 11.3 Å². The molecular weight excluding hydrogens is 419 g/mol. The van der Waals surface area contributed by atoms with Crippen LogP contribution in [-0.4, -0.2) is 52.9 Å². The minimum Gasteiger partial charge on any atom is -0.338 e. The van der Waals surface area contributed by atoms with Gasteiger partial charge in [0.05, 0.1) is 0 Å². The molecule has 3 heterocycles. The molecule has 2 saturated heterocycles. The number of likely N-dealkylation sites (tertiary alicyclic amines) is 2. The molecule has 0 unspecified atom stereocenters. The summed E-state index contributed by atoms with van der Waals surface area (Å²) in [5.74, 6) is 0.137. The van der Waals surface area contributed by atoms with E-state index in [1.165, 1.54) is 12.8 Å². The smallest absolute Gasteiger partial charge is 0.338 e. The number of carbonyl (C=O) groups excluding carboxylic acids is 1. The Morgan fingerprint density at radius 2 is 1.92 bits per heavy atom. The molecule has 2 aliphatic rings. The van der Waals surface area contributed by atoms with Crippen LogP contribution < -0.4 is 0 Å². The molecule has 2 aliphatic heterocycles. The Morgan fingerprint density at radius 3 is 2.52 bits per heavy atom. The SMILES string of the molecule is C[C@@H]1CCCN(C2CCN(C(=O)c3sc(Br)nc3C(F)(F)F)CC2)C1. The quantitative estimate of drug-likeness (QED) is 0.690. The number of nitrogens with zero attached hydrogens (tertiary/aromatic N) is 3. The lowest BCUT2D eigenvalue weighted by Gasteiger charge is -2.41. The van der Waals surface area contributed by atoms with E-state index in [9.17, 15) is 18.0 Å². The Morgan fingerprint density at radius 1 is 1.24 bits per heavy atom. The van der Waals surface area contributed by atoms with Gasteiger partial charge in [0.25, 0.3) is 5.91 Å². The zero-order valence-electron chi connectivity index (χ0n) is 14.0. The second-order valence-corrected chi connectivity index (χ2v) is 9.18. The Kier molecular flexibility index (Phi) is 5.75. The number of amides is 1. The van der Waals surface area contributed by atoms with Crippen LogP contribution in [0.2, 0.25) is 0 Å². The molecule has 0 radical (unpaired) electrons. The molecular formula is C16H21BrF3N3OS. The highest BCUT2D eigenvalue weighted by molar-refractivity contribution is 9.11. The van der Waals surface area contributed by atoms with Gasteiger partial charge < -0.3 is 4.90 Å². The average Bonchev–Trinajstić information content (AvgIpc) is 2.96. The highest BCUT2D eigenvalue weighted by atomic mass is 79.9. The number of aromatic nitrogens is 1. The van der Waals surface area contributed by atoms with Crippen molar-refractivity contribution in [1.29, 1.82) is 0 Å². The van der Waals surface area contributed by atoms with Crippen molar-refractivity contribution in [2.45, 2.75) is 44.8 Å². The molecule has 1 aromatic heterocycles. The van der Waals surface area contributed by atoms with Crippen LogP contribution in [0.4, 0.5) is 13.2 Å². The first kappa shape index (κ1) is 19.1. The van der Waals surface area contributed by atoms with Crippen molar-refractivity contribution >= 4 is 33.2 Å². The van der Waals surface area contributed by atoms with Crippen LogP contribution in [0.5, 0.6) is 0 Å². The summed E-state index contributed by atoms with van der Waals surface area (Å²) in [5, 5.41) is 0. The molecule has 0 aliphatic carbocycles. The fourth-order valence-electron chi connectivity index (χ4n) is 3.77. The van der Waals surface area contributed by atoms with Crippen molar-refractivity contribution in [1.82, 2.24) is 14.8 Å². The van der Waals surface area contributed by atoms with E-state index in [-0.39, 0.29) is 8.79 Å². The Balaban J connectivity index is 1.64. The maximum atomic E-state index is 13.1. The van der Waals surface area contributed by atoms with Gasteiger partial charge in [-0.2, -0.15) is 13.2 Å². The number of piperidine rings is 2. The van der Waals surface area contributed by atoms with Gasteiger partial charge in [0.2, 0.25) is 0 Å². The van der Waals surface area contributed by atoms with Crippen LogP contribution in [0.3, 0.4) is 0 Å². The van der Waals surface area contributed by atoms with Crippen LogP contribution in [0, 0.1) is 5.92 Å². The van der Waals surface area contributed by atoms with Crippen LogP contribution in [-0.2, 0) is 6.18 Å². The van der Waals surface area contributed by atoms with Crippen molar-refractivity contribution in [3.63, 3.8) is 0 Å². The first-order valence-corrected chi connectivity index (χ1v) is 10.1. The number of carbonyl (C=O) groups is 1. The molecule has 3 rings (SSSR count). The predicted molar refractivity (Wildman–Crippen MR) is 93.7 cm³/mol. The molecule has 0 bridgehead atoms. The van der Waals surface area contributed by atoms with Gasteiger partial charge >= 0.3 is 6.18 Å². The summed E-state index contributed by atoms with van der Waals surface area (Å²) >= 11 is 3.72. The second-order valence-electron chi connectivity index (χ2n) is 6.91.